The Labute approximate surface area is 130 Å². The van der Waals surface area contributed by atoms with E-state index < -0.39 is 0 Å². The quantitative estimate of drug-likeness (QED) is 0.867. The van der Waals surface area contributed by atoms with Crippen LogP contribution in [0.1, 0.15) is 24.0 Å². The molecule has 0 aromatic heterocycles. The molecule has 1 saturated carbocycles. The molecule has 2 amide bonds. The van der Waals surface area contributed by atoms with Crippen molar-refractivity contribution in [2.75, 3.05) is 19.6 Å². The first-order valence-electron chi connectivity index (χ1n) is 8.11. The van der Waals surface area contributed by atoms with Gasteiger partial charge in [0, 0.05) is 25.7 Å². The minimum Gasteiger partial charge on any atom is -0.336 e. The summed E-state index contributed by atoms with van der Waals surface area (Å²) in [5.74, 6) is 0.177. The fraction of sp³-hybridized carbons (Fsp3) is 0.529. The number of carbonyl (C=O) groups excluding carboxylic acids is 2. The van der Waals surface area contributed by atoms with Crippen molar-refractivity contribution >= 4 is 11.8 Å². The Bertz CT molecular complexity index is 612. The number of nitrogens with zero attached hydrogens (tertiary/aromatic N) is 2. The number of rotatable bonds is 2. The van der Waals surface area contributed by atoms with Gasteiger partial charge in [-0.25, -0.2) is 0 Å². The molecule has 1 aliphatic carbocycles. The molecule has 2 fully saturated rings. The lowest BCUT2D eigenvalue weighted by atomic mass is 9.95. The van der Waals surface area contributed by atoms with E-state index in [9.17, 15) is 9.59 Å². The van der Waals surface area contributed by atoms with Gasteiger partial charge in [0.2, 0.25) is 11.8 Å². The van der Waals surface area contributed by atoms with Gasteiger partial charge in [0.05, 0.1) is 12.6 Å². The zero-order valence-corrected chi connectivity index (χ0v) is 12.6. The van der Waals surface area contributed by atoms with Crippen LogP contribution in [0, 0.1) is 0 Å². The second kappa shape index (κ2) is 5.39. The fourth-order valence-corrected chi connectivity index (χ4v) is 3.50. The number of hydrogen-bond acceptors (Lipinski definition) is 3. The van der Waals surface area contributed by atoms with Crippen LogP contribution in [0.25, 0.3) is 0 Å². The average Bonchev–Trinajstić information content (AvgIpc) is 3.38. The van der Waals surface area contributed by atoms with Crippen LogP contribution in [0.3, 0.4) is 0 Å². The molecule has 1 saturated heterocycles. The summed E-state index contributed by atoms with van der Waals surface area (Å²) in [7, 11) is 0. The van der Waals surface area contributed by atoms with Gasteiger partial charge >= 0.3 is 0 Å². The molecule has 5 nitrogen and oxygen atoms in total. The summed E-state index contributed by atoms with van der Waals surface area (Å²) in [6.07, 6.45) is 2.97. The lowest BCUT2D eigenvalue weighted by Crippen LogP contribution is -2.57. The van der Waals surface area contributed by atoms with Crippen molar-refractivity contribution in [2.24, 2.45) is 0 Å². The number of hydrogen-bond donors (Lipinski definition) is 1. The fourth-order valence-electron chi connectivity index (χ4n) is 3.50. The van der Waals surface area contributed by atoms with Crippen LogP contribution in [0.2, 0.25) is 0 Å². The van der Waals surface area contributed by atoms with E-state index in [4.69, 9.17) is 0 Å². The molecule has 1 N–H and O–H groups in total. The largest absolute Gasteiger partial charge is 0.336 e. The van der Waals surface area contributed by atoms with E-state index in [1.54, 1.807) is 4.90 Å². The van der Waals surface area contributed by atoms with Crippen molar-refractivity contribution in [1.29, 1.82) is 0 Å². The molecule has 1 aromatic rings. The van der Waals surface area contributed by atoms with Crippen LogP contribution in [-0.4, -0.2) is 53.3 Å². The molecule has 4 rings (SSSR count). The van der Waals surface area contributed by atoms with Crippen molar-refractivity contribution in [1.82, 2.24) is 15.1 Å². The van der Waals surface area contributed by atoms with Crippen LogP contribution in [-0.2, 0) is 22.6 Å². The first kappa shape index (κ1) is 13.8. The van der Waals surface area contributed by atoms with Crippen LogP contribution in [0.4, 0.5) is 0 Å². The highest BCUT2D eigenvalue weighted by Crippen LogP contribution is 2.28. The van der Waals surface area contributed by atoms with E-state index in [1.165, 1.54) is 11.1 Å². The molecule has 0 bridgehead atoms. The number of fused-ring (bicyclic) bond motifs is 1. The topological polar surface area (TPSA) is 52.7 Å². The zero-order valence-electron chi connectivity index (χ0n) is 12.6. The molecule has 22 heavy (non-hydrogen) atoms. The van der Waals surface area contributed by atoms with Crippen molar-refractivity contribution < 1.29 is 9.59 Å². The first-order valence-corrected chi connectivity index (χ1v) is 8.11. The van der Waals surface area contributed by atoms with Crippen LogP contribution >= 0.6 is 0 Å². The van der Waals surface area contributed by atoms with E-state index in [0.29, 0.717) is 25.6 Å². The van der Waals surface area contributed by atoms with E-state index in [1.807, 2.05) is 17.0 Å². The molecule has 2 heterocycles. The highest BCUT2D eigenvalue weighted by molar-refractivity contribution is 5.89. The summed E-state index contributed by atoms with van der Waals surface area (Å²) >= 11 is 0. The van der Waals surface area contributed by atoms with E-state index >= 15 is 0 Å². The van der Waals surface area contributed by atoms with Gasteiger partial charge < -0.3 is 15.1 Å². The molecular formula is C17H21N3O2. The van der Waals surface area contributed by atoms with E-state index in [2.05, 4.69) is 17.4 Å². The molecule has 2 aliphatic heterocycles. The summed E-state index contributed by atoms with van der Waals surface area (Å²) in [6.45, 7) is 2.33. The second-order valence-corrected chi connectivity index (χ2v) is 6.48. The molecule has 1 atom stereocenters. The van der Waals surface area contributed by atoms with Gasteiger partial charge in [0.25, 0.3) is 0 Å². The standard InChI is InChI=1S/C17H21N3O2/c21-16-11-19(7-8-20(16)14-5-6-14)17(22)15-9-12-3-1-2-4-13(12)10-18-15/h1-4,14-15,18H,5-11H2. The van der Waals surface area contributed by atoms with Crippen LogP contribution < -0.4 is 5.32 Å². The normalized spacial score (nSPS) is 25.1. The summed E-state index contributed by atoms with van der Waals surface area (Å²) in [5.41, 5.74) is 2.50. The Morgan fingerprint density at radius 1 is 1.14 bits per heavy atom. The maximum absolute atomic E-state index is 12.7. The molecule has 3 aliphatic rings. The molecule has 116 valence electrons. The first-order chi connectivity index (χ1) is 10.7. The lowest BCUT2D eigenvalue weighted by molar-refractivity contribution is -0.146. The second-order valence-electron chi connectivity index (χ2n) is 6.48. The van der Waals surface area contributed by atoms with E-state index in [-0.39, 0.29) is 24.4 Å². The van der Waals surface area contributed by atoms with Gasteiger partial charge in [-0.05, 0) is 30.4 Å². The van der Waals surface area contributed by atoms with Crippen molar-refractivity contribution in [3.8, 4) is 0 Å². The third kappa shape index (κ3) is 2.50. The Hall–Kier alpha value is -1.88. The van der Waals surface area contributed by atoms with Gasteiger partial charge in [0.15, 0.2) is 0 Å². The smallest absolute Gasteiger partial charge is 0.242 e. The number of carbonyl (C=O) groups is 2. The van der Waals surface area contributed by atoms with Crippen molar-refractivity contribution in [3.05, 3.63) is 35.4 Å². The minimum absolute atomic E-state index is 0.0679. The average molecular weight is 299 g/mol. The lowest BCUT2D eigenvalue weighted by Gasteiger charge is -2.37. The maximum atomic E-state index is 12.7. The zero-order chi connectivity index (χ0) is 15.1. The van der Waals surface area contributed by atoms with Crippen LogP contribution in [0.15, 0.2) is 24.3 Å². The van der Waals surface area contributed by atoms with Crippen molar-refractivity contribution in [2.45, 2.75) is 37.9 Å². The third-order valence-electron chi connectivity index (χ3n) is 4.94. The molecular weight excluding hydrogens is 278 g/mol. The summed E-state index contributed by atoms with van der Waals surface area (Å²) < 4.78 is 0. The maximum Gasteiger partial charge on any atom is 0.242 e. The molecule has 1 aromatic carbocycles. The Morgan fingerprint density at radius 3 is 2.64 bits per heavy atom. The molecule has 1 unspecified atom stereocenters. The number of piperazine rings is 1. The number of benzene rings is 1. The number of nitrogens with one attached hydrogen (secondary N) is 1. The Kier molecular flexibility index (Phi) is 3.37. The molecule has 0 radical (unpaired) electrons. The molecule has 5 heteroatoms. The Balaban J connectivity index is 1.41. The Morgan fingerprint density at radius 2 is 1.91 bits per heavy atom. The summed E-state index contributed by atoms with van der Waals surface area (Å²) in [4.78, 5) is 28.6. The summed E-state index contributed by atoms with van der Waals surface area (Å²) in [5, 5.41) is 3.32. The number of amides is 2. The SMILES string of the molecule is O=C(C1Cc2ccccc2CN1)N1CCN(C2CC2)C(=O)C1. The van der Waals surface area contributed by atoms with Gasteiger partial charge in [-0.1, -0.05) is 24.3 Å². The van der Waals surface area contributed by atoms with Crippen LogP contribution in [0.5, 0.6) is 0 Å². The van der Waals surface area contributed by atoms with Gasteiger partial charge in [-0.15, -0.1) is 0 Å². The van der Waals surface area contributed by atoms with E-state index in [0.717, 1.165) is 19.4 Å². The predicted molar refractivity (Wildman–Crippen MR) is 82.1 cm³/mol. The highest BCUT2D eigenvalue weighted by Gasteiger charge is 2.38. The van der Waals surface area contributed by atoms with Gasteiger partial charge in [0.1, 0.15) is 0 Å². The van der Waals surface area contributed by atoms with Gasteiger partial charge in [-0.3, -0.25) is 9.59 Å². The van der Waals surface area contributed by atoms with Gasteiger partial charge in [-0.2, -0.15) is 0 Å². The third-order valence-corrected chi connectivity index (χ3v) is 4.94. The minimum atomic E-state index is -0.199. The predicted octanol–water partition coefficient (Wildman–Crippen LogP) is 0.534. The summed E-state index contributed by atoms with van der Waals surface area (Å²) in [6, 6.07) is 8.48. The highest BCUT2D eigenvalue weighted by atomic mass is 16.2. The molecule has 0 spiro atoms. The van der Waals surface area contributed by atoms with Crippen molar-refractivity contribution in [3.63, 3.8) is 0 Å². The monoisotopic (exact) mass is 299 g/mol.